The van der Waals surface area contributed by atoms with E-state index >= 15 is 0 Å². The van der Waals surface area contributed by atoms with Crippen molar-refractivity contribution in [2.45, 2.75) is 45.6 Å². The van der Waals surface area contributed by atoms with Gasteiger partial charge in [0.2, 0.25) is 0 Å². The van der Waals surface area contributed by atoms with Crippen molar-refractivity contribution in [3.8, 4) is 0 Å². The Labute approximate surface area is 125 Å². The molecule has 21 heavy (non-hydrogen) atoms. The molecule has 1 atom stereocenters. The van der Waals surface area contributed by atoms with Gasteiger partial charge in [-0.05, 0) is 44.9 Å². The highest BCUT2D eigenvalue weighted by Gasteiger charge is 2.43. The van der Waals surface area contributed by atoms with Crippen molar-refractivity contribution < 1.29 is 4.39 Å². The summed E-state index contributed by atoms with van der Waals surface area (Å²) in [7, 11) is 0. The van der Waals surface area contributed by atoms with Crippen LogP contribution in [0.2, 0.25) is 0 Å². The fourth-order valence-corrected chi connectivity index (χ4v) is 3.60. The molecule has 4 heteroatoms. The molecular formula is C17H24FN3. The number of benzene rings is 1. The van der Waals surface area contributed by atoms with Crippen LogP contribution in [-0.4, -0.2) is 22.6 Å². The minimum atomic E-state index is -0.217. The van der Waals surface area contributed by atoms with Crippen molar-refractivity contribution in [3.63, 3.8) is 0 Å². The van der Waals surface area contributed by atoms with Crippen LogP contribution in [-0.2, 0) is 5.41 Å². The quantitative estimate of drug-likeness (QED) is 0.935. The third-order valence-electron chi connectivity index (χ3n) is 4.91. The van der Waals surface area contributed by atoms with Crippen LogP contribution >= 0.6 is 0 Å². The highest BCUT2D eigenvalue weighted by atomic mass is 19.1. The van der Waals surface area contributed by atoms with Crippen LogP contribution in [0.1, 0.15) is 46.0 Å². The first kappa shape index (κ1) is 14.5. The zero-order valence-electron chi connectivity index (χ0n) is 13.3. The Hall–Kier alpha value is -1.42. The zero-order chi connectivity index (χ0) is 15.2. The summed E-state index contributed by atoms with van der Waals surface area (Å²) in [5.41, 5.74) is 1.85. The molecule has 1 saturated heterocycles. The number of fused-ring (bicyclic) bond motifs is 1. The van der Waals surface area contributed by atoms with Gasteiger partial charge in [-0.3, -0.25) is 0 Å². The van der Waals surface area contributed by atoms with Crippen molar-refractivity contribution in [3.05, 3.63) is 29.8 Å². The van der Waals surface area contributed by atoms with Crippen molar-refractivity contribution >= 4 is 11.0 Å². The van der Waals surface area contributed by atoms with Crippen LogP contribution in [0, 0.1) is 11.7 Å². The molecule has 1 N–H and O–H groups in total. The first-order valence-corrected chi connectivity index (χ1v) is 7.84. The van der Waals surface area contributed by atoms with Gasteiger partial charge in [-0.15, -0.1) is 0 Å². The van der Waals surface area contributed by atoms with Gasteiger partial charge in [-0.2, -0.15) is 0 Å². The third-order valence-corrected chi connectivity index (χ3v) is 4.91. The largest absolute Gasteiger partial charge is 0.325 e. The lowest BCUT2D eigenvalue weighted by molar-refractivity contribution is 0.302. The second kappa shape index (κ2) is 5.09. The molecule has 0 spiro atoms. The van der Waals surface area contributed by atoms with Gasteiger partial charge in [0.15, 0.2) is 0 Å². The monoisotopic (exact) mass is 289 g/mol. The Balaban J connectivity index is 2.28. The fraction of sp³-hybridized carbons (Fsp3) is 0.588. The number of imidazole rings is 1. The van der Waals surface area contributed by atoms with Gasteiger partial charge in [-0.1, -0.05) is 13.8 Å². The van der Waals surface area contributed by atoms with Gasteiger partial charge in [0.05, 0.1) is 11.0 Å². The van der Waals surface area contributed by atoms with Gasteiger partial charge < -0.3 is 9.88 Å². The molecule has 1 aliphatic rings. The minimum Gasteiger partial charge on any atom is -0.325 e. The predicted molar refractivity (Wildman–Crippen MR) is 84.1 cm³/mol. The second-order valence-corrected chi connectivity index (χ2v) is 6.77. The van der Waals surface area contributed by atoms with Crippen LogP contribution < -0.4 is 5.32 Å². The smallest absolute Gasteiger partial charge is 0.125 e. The Morgan fingerprint density at radius 1 is 1.29 bits per heavy atom. The number of rotatable bonds is 3. The number of aromatic nitrogens is 2. The molecule has 0 saturated carbocycles. The average Bonchev–Trinajstić information content (AvgIpc) is 3.02. The van der Waals surface area contributed by atoms with E-state index in [1.807, 2.05) is 6.07 Å². The van der Waals surface area contributed by atoms with E-state index in [4.69, 9.17) is 4.98 Å². The lowest BCUT2D eigenvalue weighted by atomic mass is 9.75. The number of nitrogens with zero attached hydrogens (tertiary/aromatic N) is 2. The summed E-state index contributed by atoms with van der Waals surface area (Å²) in [6.07, 6.45) is 1.09. The Bertz CT molecular complexity index is 651. The molecule has 0 amide bonds. The third kappa shape index (κ3) is 2.16. The molecule has 1 aliphatic heterocycles. The zero-order valence-corrected chi connectivity index (χ0v) is 13.3. The van der Waals surface area contributed by atoms with Crippen molar-refractivity contribution in [1.82, 2.24) is 14.9 Å². The van der Waals surface area contributed by atoms with E-state index in [1.165, 1.54) is 6.07 Å². The maximum absolute atomic E-state index is 13.5. The molecule has 1 unspecified atom stereocenters. The van der Waals surface area contributed by atoms with Gasteiger partial charge in [0.25, 0.3) is 0 Å². The minimum absolute atomic E-state index is 0.0414. The lowest BCUT2D eigenvalue weighted by Crippen LogP contribution is -2.38. The Kier molecular flexibility index (Phi) is 3.52. The van der Waals surface area contributed by atoms with Gasteiger partial charge in [-0.25, -0.2) is 9.37 Å². The number of hydrogen-bond donors (Lipinski definition) is 1. The normalized spacial score (nSPS) is 22.8. The number of halogens is 1. The Morgan fingerprint density at radius 2 is 2.05 bits per heavy atom. The van der Waals surface area contributed by atoms with Gasteiger partial charge in [0, 0.05) is 24.1 Å². The summed E-state index contributed by atoms with van der Waals surface area (Å²) < 4.78 is 15.8. The van der Waals surface area contributed by atoms with Crippen molar-refractivity contribution in [1.29, 1.82) is 0 Å². The molecule has 2 heterocycles. The van der Waals surface area contributed by atoms with E-state index in [2.05, 4.69) is 37.6 Å². The molecule has 1 fully saturated rings. The predicted octanol–water partition coefficient (Wildman–Crippen LogP) is 3.64. The maximum atomic E-state index is 13.5. The highest BCUT2D eigenvalue weighted by molar-refractivity contribution is 5.76. The standard InChI is InChI=1S/C17H24FN3/c1-11(2)17(7-8-19-10-17)16-20-14-9-13(18)5-6-15(14)21(16)12(3)4/h5-6,9,11-12,19H,7-8,10H2,1-4H3. The molecule has 1 aromatic heterocycles. The van der Waals surface area contributed by atoms with E-state index < -0.39 is 0 Å². The molecule has 114 valence electrons. The SMILES string of the molecule is CC(C)n1c(C2(C(C)C)CCNC2)nc2cc(F)ccc21. The molecule has 3 rings (SSSR count). The van der Waals surface area contributed by atoms with Crippen LogP contribution in [0.4, 0.5) is 4.39 Å². The molecule has 1 aromatic carbocycles. The highest BCUT2D eigenvalue weighted by Crippen LogP contribution is 2.40. The summed E-state index contributed by atoms with van der Waals surface area (Å²) in [6, 6.07) is 5.25. The van der Waals surface area contributed by atoms with Crippen molar-refractivity contribution in [2.24, 2.45) is 5.92 Å². The molecular weight excluding hydrogens is 265 g/mol. The van der Waals surface area contributed by atoms with E-state index in [1.54, 1.807) is 6.07 Å². The maximum Gasteiger partial charge on any atom is 0.125 e. The summed E-state index contributed by atoms with van der Waals surface area (Å²) in [4.78, 5) is 4.85. The Morgan fingerprint density at radius 3 is 2.62 bits per heavy atom. The summed E-state index contributed by atoms with van der Waals surface area (Å²) >= 11 is 0. The second-order valence-electron chi connectivity index (χ2n) is 6.77. The lowest BCUT2D eigenvalue weighted by Gasteiger charge is -2.33. The number of hydrogen-bond acceptors (Lipinski definition) is 2. The summed E-state index contributed by atoms with van der Waals surface area (Å²) in [6.45, 7) is 10.8. The fourth-order valence-electron chi connectivity index (χ4n) is 3.60. The van der Waals surface area contributed by atoms with E-state index in [9.17, 15) is 4.39 Å². The van der Waals surface area contributed by atoms with Gasteiger partial charge in [0.1, 0.15) is 11.6 Å². The van der Waals surface area contributed by atoms with Crippen LogP contribution in [0.25, 0.3) is 11.0 Å². The molecule has 3 nitrogen and oxygen atoms in total. The summed E-state index contributed by atoms with van der Waals surface area (Å²) in [5, 5.41) is 3.49. The van der Waals surface area contributed by atoms with Crippen LogP contribution in [0.5, 0.6) is 0 Å². The van der Waals surface area contributed by atoms with E-state index in [-0.39, 0.29) is 11.2 Å². The van der Waals surface area contributed by atoms with Crippen LogP contribution in [0.3, 0.4) is 0 Å². The molecule has 2 aromatic rings. The van der Waals surface area contributed by atoms with E-state index in [0.717, 1.165) is 36.4 Å². The first-order valence-electron chi connectivity index (χ1n) is 7.84. The van der Waals surface area contributed by atoms with E-state index in [0.29, 0.717) is 12.0 Å². The number of nitrogens with one attached hydrogen (secondary N) is 1. The average molecular weight is 289 g/mol. The first-order chi connectivity index (χ1) is 9.95. The van der Waals surface area contributed by atoms with Crippen LogP contribution in [0.15, 0.2) is 18.2 Å². The molecule has 0 aliphatic carbocycles. The molecule has 0 radical (unpaired) electrons. The van der Waals surface area contributed by atoms with Gasteiger partial charge >= 0.3 is 0 Å². The van der Waals surface area contributed by atoms with Crippen molar-refractivity contribution in [2.75, 3.05) is 13.1 Å². The summed E-state index contributed by atoms with van der Waals surface area (Å²) in [5.74, 6) is 1.38. The molecule has 0 bridgehead atoms. The topological polar surface area (TPSA) is 29.9 Å².